The van der Waals surface area contributed by atoms with Crippen LogP contribution in [0.2, 0.25) is 0 Å². The largest absolute Gasteiger partial charge is 0.410 e. The summed E-state index contributed by atoms with van der Waals surface area (Å²) in [6.45, 7) is 1.87. The van der Waals surface area contributed by atoms with E-state index in [1.165, 1.54) is 17.5 Å². The summed E-state index contributed by atoms with van der Waals surface area (Å²) in [6.07, 6.45) is 3.74. The second-order valence-corrected chi connectivity index (χ2v) is 5.85. The average molecular weight is 330 g/mol. The SMILES string of the molecule is Cc1onc(-c2ccccn2)c1CCc1ncc(OC(N)=O)s1. The highest BCUT2D eigenvalue weighted by Gasteiger charge is 2.16. The third kappa shape index (κ3) is 3.54. The third-order valence-electron chi connectivity index (χ3n) is 3.21. The van der Waals surface area contributed by atoms with Gasteiger partial charge in [-0.2, -0.15) is 0 Å². The highest BCUT2D eigenvalue weighted by Crippen LogP contribution is 2.27. The van der Waals surface area contributed by atoms with Gasteiger partial charge < -0.3 is 15.0 Å². The summed E-state index contributed by atoms with van der Waals surface area (Å²) in [4.78, 5) is 19.2. The lowest BCUT2D eigenvalue weighted by Crippen LogP contribution is -2.15. The summed E-state index contributed by atoms with van der Waals surface area (Å²) >= 11 is 1.29. The van der Waals surface area contributed by atoms with Crippen molar-refractivity contribution in [2.24, 2.45) is 5.73 Å². The molecule has 0 unspecified atom stereocenters. The molecule has 0 aromatic carbocycles. The van der Waals surface area contributed by atoms with Crippen molar-refractivity contribution < 1.29 is 14.1 Å². The lowest BCUT2D eigenvalue weighted by atomic mass is 10.1. The van der Waals surface area contributed by atoms with Gasteiger partial charge in [0.25, 0.3) is 0 Å². The normalized spacial score (nSPS) is 10.7. The smallest absolute Gasteiger partial charge is 0.398 e. The van der Waals surface area contributed by atoms with Crippen molar-refractivity contribution in [1.82, 2.24) is 15.1 Å². The van der Waals surface area contributed by atoms with Crippen LogP contribution in [0.4, 0.5) is 4.79 Å². The molecule has 0 spiro atoms. The van der Waals surface area contributed by atoms with E-state index in [1.807, 2.05) is 25.1 Å². The van der Waals surface area contributed by atoms with Gasteiger partial charge in [-0.25, -0.2) is 9.78 Å². The monoisotopic (exact) mass is 330 g/mol. The first-order chi connectivity index (χ1) is 11.1. The zero-order chi connectivity index (χ0) is 16.2. The molecular weight excluding hydrogens is 316 g/mol. The van der Waals surface area contributed by atoms with Gasteiger partial charge in [-0.05, 0) is 25.5 Å². The molecule has 1 amide bonds. The van der Waals surface area contributed by atoms with E-state index in [-0.39, 0.29) is 0 Å². The fourth-order valence-corrected chi connectivity index (χ4v) is 2.95. The van der Waals surface area contributed by atoms with Gasteiger partial charge >= 0.3 is 6.09 Å². The number of aromatic nitrogens is 3. The third-order valence-corrected chi connectivity index (χ3v) is 4.15. The summed E-state index contributed by atoms with van der Waals surface area (Å²) < 4.78 is 10.1. The molecule has 118 valence electrons. The van der Waals surface area contributed by atoms with Crippen LogP contribution in [0.15, 0.2) is 35.1 Å². The van der Waals surface area contributed by atoms with Crippen molar-refractivity contribution in [2.45, 2.75) is 19.8 Å². The molecule has 0 aliphatic heterocycles. The maximum absolute atomic E-state index is 10.7. The molecule has 0 aliphatic carbocycles. The van der Waals surface area contributed by atoms with Crippen LogP contribution in [0, 0.1) is 6.92 Å². The summed E-state index contributed by atoms with van der Waals surface area (Å²) in [6, 6.07) is 5.65. The molecule has 3 aromatic heterocycles. The number of amides is 1. The predicted octanol–water partition coefficient (Wildman–Crippen LogP) is 2.74. The van der Waals surface area contributed by atoms with Gasteiger partial charge in [-0.1, -0.05) is 22.6 Å². The second kappa shape index (κ2) is 6.57. The standard InChI is InChI=1S/C15H14N4O3S/c1-9-10(14(19-22-9)11-4-2-3-7-17-11)5-6-12-18-8-13(23-12)21-15(16)20/h2-4,7-8H,5-6H2,1H3,(H2,16,20). The number of rotatable bonds is 5. The van der Waals surface area contributed by atoms with Crippen molar-refractivity contribution in [3.8, 4) is 16.5 Å². The van der Waals surface area contributed by atoms with Crippen LogP contribution in [0.1, 0.15) is 16.3 Å². The first kappa shape index (κ1) is 15.2. The molecule has 0 bridgehead atoms. The van der Waals surface area contributed by atoms with Crippen LogP contribution in [-0.2, 0) is 12.8 Å². The van der Waals surface area contributed by atoms with Crippen LogP contribution >= 0.6 is 11.3 Å². The first-order valence-corrected chi connectivity index (χ1v) is 7.73. The van der Waals surface area contributed by atoms with Crippen molar-refractivity contribution in [3.63, 3.8) is 0 Å². The minimum Gasteiger partial charge on any atom is -0.398 e. The Kier molecular flexibility index (Phi) is 4.33. The molecule has 3 aromatic rings. The van der Waals surface area contributed by atoms with E-state index in [2.05, 4.69) is 15.1 Å². The zero-order valence-corrected chi connectivity index (χ0v) is 13.2. The Morgan fingerprint density at radius 3 is 2.96 bits per heavy atom. The predicted molar refractivity (Wildman–Crippen MR) is 84.2 cm³/mol. The molecule has 7 nitrogen and oxygen atoms in total. The van der Waals surface area contributed by atoms with Gasteiger partial charge in [0.15, 0.2) is 0 Å². The maximum atomic E-state index is 10.7. The Balaban J connectivity index is 1.75. The minimum absolute atomic E-state index is 0.388. The van der Waals surface area contributed by atoms with E-state index in [1.54, 1.807) is 6.20 Å². The van der Waals surface area contributed by atoms with Crippen LogP contribution in [-0.4, -0.2) is 21.2 Å². The Morgan fingerprint density at radius 1 is 1.35 bits per heavy atom. The van der Waals surface area contributed by atoms with Crippen LogP contribution in [0.3, 0.4) is 0 Å². The average Bonchev–Trinajstić information content (AvgIpc) is 3.12. The van der Waals surface area contributed by atoms with Crippen LogP contribution in [0.5, 0.6) is 5.06 Å². The number of hydrogen-bond acceptors (Lipinski definition) is 7. The Hall–Kier alpha value is -2.74. The summed E-state index contributed by atoms with van der Waals surface area (Å²) in [7, 11) is 0. The maximum Gasteiger partial charge on any atom is 0.410 e. The molecule has 0 fully saturated rings. The number of nitrogens with zero attached hydrogens (tertiary/aromatic N) is 3. The lowest BCUT2D eigenvalue weighted by Gasteiger charge is -2.00. The van der Waals surface area contributed by atoms with Crippen LogP contribution < -0.4 is 10.5 Å². The highest BCUT2D eigenvalue weighted by molar-refractivity contribution is 7.13. The summed E-state index contributed by atoms with van der Waals surface area (Å²) in [5.41, 5.74) is 7.49. The molecular formula is C15H14N4O3S. The van der Waals surface area contributed by atoms with E-state index >= 15 is 0 Å². The molecule has 0 saturated heterocycles. The highest BCUT2D eigenvalue weighted by atomic mass is 32.1. The molecule has 2 N–H and O–H groups in total. The van der Waals surface area contributed by atoms with Crippen molar-refractivity contribution >= 4 is 17.4 Å². The Bertz CT molecular complexity index is 813. The van der Waals surface area contributed by atoms with Gasteiger partial charge in [0, 0.05) is 18.2 Å². The fraction of sp³-hybridized carbons (Fsp3) is 0.200. The number of ether oxygens (including phenoxy) is 1. The van der Waals surface area contributed by atoms with E-state index in [4.69, 9.17) is 15.0 Å². The van der Waals surface area contributed by atoms with Crippen molar-refractivity contribution in [1.29, 1.82) is 0 Å². The number of primary amides is 1. The molecule has 8 heteroatoms. The van der Waals surface area contributed by atoms with Gasteiger partial charge in [0.1, 0.15) is 11.5 Å². The number of carbonyl (C=O) groups excluding carboxylic acids is 1. The molecule has 3 heterocycles. The molecule has 0 saturated carbocycles. The van der Waals surface area contributed by atoms with Crippen molar-refractivity contribution in [3.05, 3.63) is 46.9 Å². The van der Waals surface area contributed by atoms with E-state index in [0.717, 1.165) is 27.7 Å². The van der Waals surface area contributed by atoms with E-state index < -0.39 is 6.09 Å². The molecule has 0 radical (unpaired) electrons. The van der Waals surface area contributed by atoms with Crippen molar-refractivity contribution in [2.75, 3.05) is 0 Å². The molecule has 3 rings (SSSR count). The minimum atomic E-state index is -0.840. The topological polar surface area (TPSA) is 104 Å². The van der Waals surface area contributed by atoms with E-state index in [9.17, 15) is 4.79 Å². The molecule has 23 heavy (non-hydrogen) atoms. The number of aryl methyl sites for hydroxylation is 2. The molecule has 0 atom stereocenters. The first-order valence-electron chi connectivity index (χ1n) is 6.92. The number of hydrogen-bond donors (Lipinski definition) is 1. The number of carbonyl (C=O) groups is 1. The lowest BCUT2D eigenvalue weighted by molar-refractivity contribution is 0.212. The van der Waals surface area contributed by atoms with Crippen LogP contribution in [0.25, 0.3) is 11.4 Å². The van der Waals surface area contributed by atoms with Gasteiger partial charge in [0.05, 0.1) is 16.9 Å². The molecule has 0 aliphatic rings. The van der Waals surface area contributed by atoms with Gasteiger partial charge in [0.2, 0.25) is 5.06 Å². The number of thiazole rings is 1. The zero-order valence-electron chi connectivity index (χ0n) is 12.4. The van der Waals surface area contributed by atoms with Gasteiger partial charge in [-0.15, -0.1) is 0 Å². The summed E-state index contributed by atoms with van der Waals surface area (Å²) in [5.74, 6) is 0.760. The summed E-state index contributed by atoms with van der Waals surface area (Å²) in [5, 5.41) is 5.33. The van der Waals surface area contributed by atoms with E-state index in [0.29, 0.717) is 17.9 Å². The second-order valence-electron chi connectivity index (χ2n) is 4.78. The number of pyridine rings is 1. The fourth-order valence-electron chi connectivity index (χ4n) is 2.18. The Labute approximate surface area is 136 Å². The number of nitrogens with two attached hydrogens (primary N) is 1. The van der Waals surface area contributed by atoms with Gasteiger partial charge in [-0.3, -0.25) is 4.98 Å². The Morgan fingerprint density at radius 2 is 2.22 bits per heavy atom. The quantitative estimate of drug-likeness (QED) is 0.771.